The van der Waals surface area contributed by atoms with E-state index in [1.54, 1.807) is 29.7 Å². The lowest BCUT2D eigenvalue weighted by Crippen LogP contribution is -2.41. The Bertz CT molecular complexity index is 712. The van der Waals surface area contributed by atoms with Gasteiger partial charge in [-0.1, -0.05) is 23.5 Å². The van der Waals surface area contributed by atoms with Crippen molar-refractivity contribution in [3.8, 4) is 5.75 Å². The van der Waals surface area contributed by atoms with E-state index in [9.17, 15) is 9.59 Å². The predicted molar refractivity (Wildman–Crippen MR) is 90.2 cm³/mol. The number of amides is 2. The van der Waals surface area contributed by atoms with Crippen LogP contribution in [0.15, 0.2) is 29.8 Å². The molecule has 24 heavy (non-hydrogen) atoms. The van der Waals surface area contributed by atoms with E-state index < -0.39 is 0 Å². The number of anilines is 1. The zero-order valence-corrected chi connectivity index (χ0v) is 14.1. The molecule has 1 aromatic carbocycles. The fourth-order valence-electron chi connectivity index (χ4n) is 2.77. The van der Waals surface area contributed by atoms with Crippen LogP contribution in [0.2, 0.25) is 0 Å². The van der Waals surface area contributed by atoms with Crippen molar-refractivity contribution in [2.45, 2.75) is 12.8 Å². The summed E-state index contributed by atoms with van der Waals surface area (Å²) in [6.07, 6.45) is 1.26. The van der Waals surface area contributed by atoms with Crippen molar-refractivity contribution in [3.05, 3.63) is 35.3 Å². The van der Waals surface area contributed by atoms with Gasteiger partial charge in [0.05, 0.1) is 12.7 Å². The number of nitrogens with one attached hydrogen (secondary N) is 1. The van der Waals surface area contributed by atoms with Gasteiger partial charge in [-0.3, -0.25) is 9.59 Å². The maximum Gasteiger partial charge on any atom is 0.257 e. The van der Waals surface area contributed by atoms with Gasteiger partial charge in [0.1, 0.15) is 11.3 Å². The van der Waals surface area contributed by atoms with Gasteiger partial charge in [0.2, 0.25) is 11.0 Å². The summed E-state index contributed by atoms with van der Waals surface area (Å²) in [5.41, 5.74) is 2.13. The van der Waals surface area contributed by atoms with Crippen LogP contribution in [0.5, 0.6) is 5.75 Å². The topological polar surface area (TPSA) is 84.4 Å². The van der Waals surface area contributed by atoms with Gasteiger partial charge in [0, 0.05) is 19.0 Å². The van der Waals surface area contributed by atoms with Crippen LogP contribution in [0.25, 0.3) is 0 Å². The lowest BCUT2D eigenvalue weighted by molar-refractivity contribution is -0.121. The Kier molecular flexibility index (Phi) is 5.05. The molecule has 1 N–H and O–H groups in total. The third-order valence-corrected chi connectivity index (χ3v) is 4.69. The highest BCUT2D eigenvalue weighted by atomic mass is 32.1. The van der Waals surface area contributed by atoms with E-state index in [4.69, 9.17) is 4.74 Å². The van der Waals surface area contributed by atoms with Gasteiger partial charge in [-0.25, -0.2) is 0 Å². The standard InChI is InChI=1S/C16H18N4O3S/c1-23-13-5-3-2-4-12(13)15(22)20-8-6-11(7-9-20)14(21)18-16-19-17-10-24-16/h2-5,10-11H,6-9H2,1H3,(H,18,19,21). The first kappa shape index (κ1) is 16.4. The Hall–Kier alpha value is -2.48. The molecule has 0 bridgehead atoms. The van der Waals surface area contributed by atoms with Crippen LogP contribution in [-0.2, 0) is 4.79 Å². The second-order valence-corrected chi connectivity index (χ2v) is 6.33. The Balaban J connectivity index is 1.58. The average molecular weight is 346 g/mol. The zero-order chi connectivity index (χ0) is 16.9. The van der Waals surface area contributed by atoms with E-state index in [2.05, 4.69) is 15.5 Å². The highest BCUT2D eigenvalue weighted by Crippen LogP contribution is 2.24. The molecule has 3 rings (SSSR count). The molecule has 0 atom stereocenters. The number of para-hydroxylation sites is 1. The predicted octanol–water partition coefficient (Wildman–Crippen LogP) is 2.04. The Morgan fingerprint density at radius 1 is 1.29 bits per heavy atom. The summed E-state index contributed by atoms with van der Waals surface area (Å²) < 4.78 is 5.25. The number of carbonyl (C=O) groups is 2. The van der Waals surface area contributed by atoms with Crippen molar-refractivity contribution in [1.29, 1.82) is 0 Å². The van der Waals surface area contributed by atoms with Crippen LogP contribution in [0.1, 0.15) is 23.2 Å². The van der Waals surface area contributed by atoms with Crippen LogP contribution in [0, 0.1) is 5.92 Å². The fraction of sp³-hybridized carbons (Fsp3) is 0.375. The van der Waals surface area contributed by atoms with Crippen molar-refractivity contribution < 1.29 is 14.3 Å². The highest BCUT2D eigenvalue weighted by molar-refractivity contribution is 7.13. The molecule has 8 heteroatoms. The number of hydrogen-bond donors (Lipinski definition) is 1. The third-order valence-electron chi connectivity index (χ3n) is 4.08. The van der Waals surface area contributed by atoms with E-state index in [0.29, 0.717) is 42.4 Å². The number of methoxy groups -OCH3 is 1. The van der Waals surface area contributed by atoms with Gasteiger partial charge in [-0.05, 0) is 25.0 Å². The number of hydrogen-bond acceptors (Lipinski definition) is 6. The minimum atomic E-state index is -0.115. The molecule has 1 aliphatic rings. The van der Waals surface area contributed by atoms with Gasteiger partial charge in [-0.2, -0.15) is 0 Å². The van der Waals surface area contributed by atoms with Crippen LogP contribution in [0.4, 0.5) is 5.13 Å². The molecule has 1 aliphatic heterocycles. The lowest BCUT2D eigenvalue weighted by atomic mass is 9.95. The molecular formula is C16H18N4O3S. The number of likely N-dealkylation sites (tertiary alicyclic amines) is 1. The summed E-state index contributed by atoms with van der Waals surface area (Å²) in [6, 6.07) is 7.18. The third kappa shape index (κ3) is 3.53. The van der Waals surface area contributed by atoms with Crippen LogP contribution >= 0.6 is 11.3 Å². The van der Waals surface area contributed by atoms with E-state index >= 15 is 0 Å². The molecule has 0 aliphatic carbocycles. The fourth-order valence-corrected chi connectivity index (χ4v) is 3.22. The molecule has 0 saturated carbocycles. The Morgan fingerprint density at radius 2 is 2.04 bits per heavy atom. The molecule has 1 fully saturated rings. The zero-order valence-electron chi connectivity index (χ0n) is 13.3. The van der Waals surface area contributed by atoms with Crippen LogP contribution < -0.4 is 10.1 Å². The smallest absolute Gasteiger partial charge is 0.257 e. The summed E-state index contributed by atoms with van der Waals surface area (Å²) in [5.74, 6) is 0.334. The number of benzene rings is 1. The van der Waals surface area contributed by atoms with Gasteiger partial charge < -0.3 is 15.0 Å². The van der Waals surface area contributed by atoms with Gasteiger partial charge in [0.25, 0.3) is 5.91 Å². The van der Waals surface area contributed by atoms with Crippen molar-refractivity contribution in [1.82, 2.24) is 15.1 Å². The van der Waals surface area contributed by atoms with Gasteiger partial charge in [0.15, 0.2) is 0 Å². The summed E-state index contributed by atoms with van der Waals surface area (Å²) in [6.45, 7) is 1.09. The minimum absolute atomic E-state index is 0.0591. The maximum absolute atomic E-state index is 12.6. The van der Waals surface area contributed by atoms with Crippen molar-refractivity contribution in [2.24, 2.45) is 5.92 Å². The van der Waals surface area contributed by atoms with Crippen molar-refractivity contribution in [2.75, 3.05) is 25.5 Å². The van der Waals surface area contributed by atoms with Gasteiger partial charge >= 0.3 is 0 Å². The molecule has 126 valence electrons. The van der Waals surface area contributed by atoms with E-state index in [0.717, 1.165) is 0 Å². The number of ether oxygens (including phenoxy) is 1. The Morgan fingerprint density at radius 3 is 2.71 bits per heavy atom. The quantitative estimate of drug-likeness (QED) is 0.916. The molecule has 7 nitrogen and oxygen atoms in total. The van der Waals surface area contributed by atoms with Crippen LogP contribution in [0.3, 0.4) is 0 Å². The summed E-state index contributed by atoms with van der Waals surface area (Å²) in [7, 11) is 1.55. The number of carbonyl (C=O) groups excluding carboxylic acids is 2. The molecular weight excluding hydrogens is 328 g/mol. The number of nitrogens with zero attached hydrogens (tertiary/aromatic N) is 3. The number of piperidine rings is 1. The monoisotopic (exact) mass is 346 g/mol. The molecule has 0 spiro atoms. The first-order valence-corrected chi connectivity index (χ1v) is 8.56. The number of rotatable bonds is 4. The minimum Gasteiger partial charge on any atom is -0.496 e. The normalized spacial score (nSPS) is 15.1. The summed E-state index contributed by atoms with van der Waals surface area (Å²) in [5, 5.41) is 10.8. The first-order valence-electron chi connectivity index (χ1n) is 7.68. The molecule has 0 unspecified atom stereocenters. The molecule has 1 saturated heterocycles. The second kappa shape index (κ2) is 7.39. The average Bonchev–Trinajstić information content (AvgIpc) is 3.14. The summed E-state index contributed by atoms with van der Waals surface area (Å²) in [4.78, 5) is 26.6. The SMILES string of the molecule is COc1ccccc1C(=O)N1CCC(C(=O)Nc2nncs2)CC1. The van der Waals surface area contributed by atoms with Crippen LogP contribution in [-0.4, -0.2) is 47.1 Å². The van der Waals surface area contributed by atoms with E-state index in [-0.39, 0.29) is 17.7 Å². The maximum atomic E-state index is 12.6. The molecule has 2 amide bonds. The number of aromatic nitrogens is 2. The first-order chi connectivity index (χ1) is 11.7. The second-order valence-electron chi connectivity index (χ2n) is 5.50. The van der Waals surface area contributed by atoms with Crippen molar-refractivity contribution >= 4 is 28.3 Å². The van der Waals surface area contributed by atoms with E-state index in [1.165, 1.54) is 11.3 Å². The Labute approximate surface area is 143 Å². The molecule has 1 aromatic heterocycles. The van der Waals surface area contributed by atoms with E-state index in [1.807, 2.05) is 12.1 Å². The molecule has 2 aromatic rings. The lowest BCUT2D eigenvalue weighted by Gasteiger charge is -2.31. The highest BCUT2D eigenvalue weighted by Gasteiger charge is 2.29. The molecule has 2 heterocycles. The summed E-state index contributed by atoms with van der Waals surface area (Å²) >= 11 is 1.29. The van der Waals surface area contributed by atoms with Gasteiger partial charge in [-0.15, -0.1) is 10.2 Å². The molecule has 0 radical (unpaired) electrons. The van der Waals surface area contributed by atoms with Crippen molar-refractivity contribution in [3.63, 3.8) is 0 Å². The largest absolute Gasteiger partial charge is 0.496 e.